The van der Waals surface area contributed by atoms with Crippen LogP contribution >= 0.6 is 0 Å². The van der Waals surface area contributed by atoms with Crippen LogP contribution in [0.1, 0.15) is 24.2 Å². The molecule has 2 aromatic rings. The summed E-state index contributed by atoms with van der Waals surface area (Å²) in [5, 5.41) is 102. The number of ether oxygens (including phenoxy) is 5. The van der Waals surface area contributed by atoms with Crippen molar-refractivity contribution in [2.75, 3.05) is 6.61 Å². The third-order valence-electron chi connectivity index (χ3n) is 7.41. The molecule has 1 unspecified atom stereocenters. The molecule has 11 atom stereocenters. The Kier molecular flexibility index (Phi) is 8.39. The van der Waals surface area contributed by atoms with Gasteiger partial charge in [0.15, 0.2) is 23.5 Å². The normalized spacial score (nSPS) is 36.5. The molecule has 0 aromatic heterocycles. The third-order valence-corrected chi connectivity index (χ3v) is 7.41. The lowest BCUT2D eigenvalue weighted by atomic mass is 9.98. The lowest BCUT2D eigenvalue weighted by molar-refractivity contribution is -0.325. The maximum Gasteiger partial charge on any atom is 0.270 e. The van der Waals surface area contributed by atoms with Crippen molar-refractivity contribution in [1.82, 2.24) is 0 Å². The van der Waals surface area contributed by atoms with Gasteiger partial charge in [0.1, 0.15) is 59.8 Å². The molecule has 0 radical (unpaired) electrons. The van der Waals surface area contributed by atoms with Gasteiger partial charge in [0.25, 0.3) is 11.9 Å². The van der Waals surface area contributed by atoms with Gasteiger partial charge in [0, 0.05) is 12.1 Å². The van der Waals surface area contributed by atoms with Gasteiger partial charge in [0.05, 0.1) is 24.3 Å². The summed E-state index contributed by atoms with van der Waals surface area (Å²) in [5.74, 6) is -1.35. The van der Waals surface area contributed by atoms with Gasteiger partial charge in [-0.2, -0.15) is 0 Å². The van der Waals surface area contributed by atoms with Crippen molar-refractivity contribution in [3.8, 4) is 28.7 Å². The highest BCUT2D eigenvalue weighted by Gasteiger charge is 2.48. The standard InChI is InChI=1S/C27H32O15/c1-9-19(32)21(34)23(36)26(39-9)38-8-18-20(33)22(35)24(37)27(42-18)41-17-7-12-14(30)5-11(28)6-16(12)40-25(17)10-2-3-13(29)15(31)4-10/h2-7,9,18-37H,8H2,1H3/p+1/t9-,18+,19-,20+,21+,22-,23+,24+,25?,26+,27+/m0/s1. The summed E-state index contributed by atoms with van der Waals surface area (Å²) in [6, 6.07) is 6.22. The van der Waals surface area contributed by atoms with E-state index < -0.39 is 85.6 Å². The number of phenols is 4. The van der Waals surface area contributed by atoms with Crippen LogP contribution in [0.4, 0.5) is 0 Å². The third kappa shape index (κ3) is 5.66. The molecule has 0 amide bonds. The molecule has 230 valence electrons. The number of aliphatic hydroxyl groups is 7. The average molecular weight is 598 g/mol. The fourth-order valence-electron chi connectivity index (χ4n) is 4.96. The summed E-state index contributed by atoms with van der Waals surface area (Å²) in [5.41, 5.74) is 0.445. The number of hydrogen-bond acceptors (Lipinski definition) is 14. The Morgan fingerprint density at radius 3 is 2.14 bits per heavy atom. The van der Waals surface area contributed by atoms with Gasteiger partial charge < -0.3 is 74.7 Å². The molecule has 5 rings (SSSR count). The number of rotatable bonds is 6. The minimum Gasteiger partial charge on any atom is -0.571 e. The second-order valence-corrected chi connectivity index (χ2v) is 10.4. The van der Waals surface area contributed by atoms with Crippen LogP contribution in [0.5, 0.6) is 28.7 Å². The second kappa shape index (κ2) is 11.7. The molecular weight excluding hydrogens is 564 g/mol. The molecule has 42 heavy (non-hydrogen) atoms. The molecule has 15 nitrogen and oxygen atoms in total. The van der Waals surface area contributed by atoms with Crippen LogP contribution < -0.4 is 0 Å². The summed E-state index contributed by atoms with van der Waals surface area (Å²) < 4.78 is 27.0. The molecular formula is C27H33O15+. The summed E-state index contributed by atoms with van der Waals surface area (Å²) in [6.07, 6.45) is -14.9. The number of benzene rings is 2. The maximum absolute atomic E-state index is 10.7. The van der Waals surface area contributed by atoms with E-state index in [1.54, 1.807) is 0 Å². The predicted molar refractivity (Wildman–Crippen MR) is 138 cm³/mol. The summed E-state index contributed by atoms with van der Waals surface area (Å²) in [6.45, 7) is 0.945. The molecule has 2 saturated heterocycles. The van der Waals surface area contributed by atoms with Gasteiger partial charge in [-0.15, -0.1) is 0 Å². The van der Waals surface area contributed by atoms with Gasteiger partial charge >= 0.3 is 0 Å². The fraction of sp³-hybridized carbons (Fsp3) is 0.481. The van der Waals surface area contributed by atoms with Crippen molar-refractivity contribution in [3.05, 3.63) is 47.2 Å². The molecule has 0 spiro atoms. The van der Waals surface area contributed by atoms with Crippen molar-refractivity contribution < 1.29 is 74.7 Å². The minimum atomic E-state index is -1.80. The molecule has 3 aliphatic heterocycles. The maximum atomic E-state index is 10.7. The Balaban J connectivity index is 1.39. The summed E-state index contributed by atoms with van der Waals surface area (Å²) in [7, 11) is 0. The van der Waals surface area contributed by atoms with Crippen LogP contribution in [0, 0.1) is 0 Å². The van der Waals surface area contributed by atoms with Gasteiger partial charge in [-0.25, -0.2) is 0 Å². The van der Waals surface area contributed by atoms with Crippen molar-refractivity contribution in [2.24, 2.45) is 0 Å². The monoisotopic (exact) mass is 597 g/mol. The van der Waals surface area contributed by atoms with E-state index in [2.05, 4.69) is 4.74 Å². The van der Waals surface area contributed by atoms with E-state index in [0.717, 1.165) is 6.07 Å². The highest BCUT2D eigenvalue weighted by Crippen LogP contribution is 2.46. The van der Waals surface area contributed by atoms with E-state index in [1.165, 1.54) is 37.3 Å². The van der Waals surface area contributed by atoms with Crippen LogP contribution in [0.2, 0.25) is 0 Å². The topological polar surface area (TPSA) is 252 Å². The zero-order chi connectivity index (χ0) is 30.5. The molecule has 0 saturated carbocycles. The van der Waals surface area contributed by atoms with Crippen LogP contribution in [0.15, 0.2) is 36.1 Å². The Bertz CT molecular complexity index is 1320. The van der Waals surface area contributed by atoms with Crippen molar-refractivity contribution >= 4 is 6.08 Å². The first kappa shape index (κ1) is 30.1. The zero-order valence-electron chi connectivity index (χ0n) is 22.1. The van der Waals surface area contributed by atoms with Crippen molar-refractivity contribution in [1.29, 1.82) is 0 Å². The molecule has 0 bridgehead atoms. The predicted octanol–water partition coefficient (Wildman–Crippen LogP) is -1.49. The quantitative estimate of drug-likeness (QED) is 0.135. The lowest BCUT2D eigenvalue weighted by Crippen LogP contribution is -2.61. The number of fused-ring (bicyclic) bond motifs is 1. The molecule has 15 heteroatoms. The Morgan fingerprint density at radius 2 is 1.43 bits per heavy atom. The minimum absolute atomic E-state index is 0.0436. The van der Waals surface area contributed by atoms with Gasteiger partial charge in [-0.1, -0.05) is 0 Å². The van der Waals surface area contributed by atoms with Gasteiger partial charge in [-0.05, 0) is 25.1 Å². The summed E-state index contributed by atoms with van der Waals surface area (Å²) in [4.78, 5) is 0. The number of phenolic OH excluding ortho intramolecular Hbond substituents is 4. The van der Waals surface area contributed by atoms with E-state index in [0.29, 0.717) is 5.56 Å². The van der Waals surface area contributed by atoms with Crippen LogP contribution in [0.25, 0.3) is 6.08 Å². The van der Waals surface area contributed by atoms with Crippen LogP contribution in [-0.2, 0) is 18.9 Å². The highest BCUT2D eigenvalue weighted by atomic mass is 16.7. The fourth-order valence-corrected chi connectivity index (χ4v) is 4.96. The van der Waals surface area contributed by atoms with Gasteiger partial charge in [0.2, 0.25) is 6.29 Å². The van der Waals surface area contributed by atoms with Crippen molar-refractivity contribution in [2.45, 2.75) is 74.4 Å². The smallest absolute Gasteiger partial charge is 0.270 e. The first-order valence-electron chi connectivity index (χ1n) is 13.0. The van der Waals surface area contributed by atoms with E-state index in [9.17, 15) is 51.1 Å². The molecule has 11 N–H and O–H groups in total. The molecule has 3 aliphatic rings. The molecule has 3 heterocycles. The lowest BCUT2D eigenvalue weighted by Gasteiger charge is -2.42. The highest BCUT2D eigenvalue weighted by molar-refractivity contribution is 5.69. The Hall–Kier alpha value is -3.38. The van der Waals surface area contributed by atoms with Crippen LogP contribution in [-0.4, -0.2) is 124 Å². The van der Waals surface area contributed by atoms with Crippen molar-refractivity contribution in [3.63, 3.8) is 0 Å². The molecule has 0 aliphatic carbocycles. The molecule has 2 aromatic carbocycles. The Morgan fingerprint density at radius 1 is 0.738 bits per heavy atom. The summed E-state index contributed by atoms with van der Waals surface area (Å²) >= 11 is 0. The molecule has 2 fully saturated rings. The van der Waals surface area contributed by atoms with Crippen LogP contribution in [0.3, 0.4) is 0 Å². The van der Waals surface area contributed by atoms with Gasteiger partial charge in [-0.3, -0.25) is 0 Å². The second-order valence-electron chi connectivity index (χ2n) is 10.4. The Labute approximate surface area is 238 Å². The zero-order valence-corrected chi connectivity index (χ0v) is 22.1. The van der Waals surface area contributed by atoms with E-state index >= 15 is 0 Å². The first-order valence-corrected chi connectivity index (χ1v) is 13.0. The number of aromatic hydroxyl groups is 5. The van der Waals surface area contributed by atoms with E-state index in [-0.39, 0.29) is 28.6 Å². The van der Waals surface area contributed by atoms with E-state index in [1.807, 2.05) is 0 Å². The average Bonchev–Trinajstić information content (AvgIpc) is 2.95. The SMILES string of the molecule is C[C@@H]1O[C@@H](OC[C@H]2O[C@@H](OC3=Cc4c(O)cc(O)cc4[OH+]C3c3ccc(O)c(O)c3)[C@H](O)[C@@H](O)[C@@H]2O)[C@H](O)[C@H](O)[C@H]1O. The number of hydrogen-bond donors (Lipinski definition) is 10. The van der Waals surface area contributed by atoms with E-state index in [4.69, 9.17) is 18.9 Å². The number of aliphatic hydroxyl groups excluding tert-OH is 6. The largest absolute Gasteiger partial charge is 0.571 e. The first-order chi connectivity index (χ1) is 19.8.